The van der Waals surface area contributed by atoms with Gasteiger partial charge < -0.3 is 20.1 Å². The molecule has 2 aromatic rings. The third kappa shape index (κ3) is 3.93. The van der Waals surface area contributed by atoms with Crippen LogP contribution in [-0.2, 0) is 4.79 Å². The fourth-order valence-corrected chi connectivity index (χ4v) is 4.61. The normalized spacial score (nSPS) is 20.4. The lowest BCUT2D eigenvalue weighted by molar-refractivity contribution is -0.127. The van der Waals surface area contributed by atoms with Gasteiger partial charge in [0.1, 0.15) is 17.8 Å². The highest BCUT2D eigenvalue weighted by atomic mass is 35.5. The monoisotopic (exact) mass is 408 g/mol. The molecule has 146 valence electrons. The molecule has 2 aliphatic rings. The quantitative estimate of drug-likeness (QED) is 0.811. The smallest absolute Gasteiger partial charge is 0.261 e. The molecule has 0 bridgehead atoms. The Labute approximate surface area is 169 Å². The molecular weight excluding hydrogens is 384 g/mol. The first-order chi connectivity index (χ1) is 12.7. The number of carbonyl (C=O) groups is 1. The summed E-state index contributed by atoms with van der Waals surface area (Å²) in [4.78, 5) is 29.9. The van der Waals surface area contributed by atoms with Crippen molar-refractivity contribution >= 4 is 46.9 Å². The molecule has 4 heterocycles. The molecule has 2 aliphatic heterocycles. The van der Waals surface area contributed by atoms with Crippen molar-refractivity contribution in [2.45, 2.75) is 25.8 Å². The number of thioether (sulfide) groups is 1. The Balaban J connectivity index is 0.00000210. The minimum absolute atomic E-state index is 0. The molecule has 27 heavy (non-hydrogen) atoms. The summed E-state index contributed by atoms with van der Waals surface area (Å²) in [5, 5.41) is 4.32. The number of aryl methyl sites for hydroxylation is 1. The minimum Gasteiger partial charge on any atom is -0.346 e. The van der Waals surface area contributed by atoms with E-state index in [0.29, 0.717) is 6.04 Å². The predicted octanol–water partition coefficient (Wildman–Crippen LogP) is 2.29. The van der Waals surface area contributed by atoms with Gasteiger partial charge in [0.15, 0.2) is 0 Å². The summed E-state index contributed by atoms with van der Waals surface area (Å²) < 4.78 is 0. The number of hydrogen-bond acceptors (Lipinski definition) is 6. The summed E-state index contributed by atoms with van der Waals surface area (Å²) in [5.74, 6) is 1.87. The molecule has 2 aromatic heterocycles. The Kier molecular flexibility index (Phi) is 6.29. The van der Waals surface area contributed by atoms with E-state index in [9.17, 15) is 4.79 Å². The summed E-state index contributed by atoms with van der Waals surface area (Å²) in [7, 11) is 1.97. The van der Waals surface area contributed by atoms with Crippen molar-refractivity contribution in [3.63, 3.8) is 0 Å². The van der Waals surface area contributed by atoms with Crippen LogP contribution in [0.1, 0.15) is 18.4 Å². The van der Waals surface area contributed by atoms with Gasteiger partial charge in [-0.15, -0.1) is 24.2 Å². The molecule has 0 saturated carbocycles. The number of aromatic nitrogens is 3. The number of H-pyrrole nitrogens is 1. The maximum atomic E-state index is 13.0. The van der Waals surface area contributed by atoms with Crippen molar-refractivity contribution in [1.29, 1.82) is 0 Å². The van der Waals surface area contributed by atoms with Crippen LogP contribution in [0.3, 0.4) is 0 Å². The molecule has 0 radical (unpaired) electrons. The molecule has 9 heteroatoms. The van der Waals surface area contributed by atoms with Gasteiger partial charge in [0.25, 0.3) is 5.91 Å². The number of fused-ring (bicyclic) bond motifs is 1. The first-order valence-electron chi connectivity index (χ1n) is 9.04. The largest absolute Gasteiger partial charge is 0.346 e. The van der Waals surface area contributed by atoms with Gasteiger partial charge in [0.2, 0.25) is 0 Å². The zero-order chi connectivity index (χ0) is 18.1. The topological polar surface area (TPSA) is 77.2 Å². The third-order valence-corrected chi connectivity index (χ3v) is 6.09. The van der Waals surface area contributed by atoms with Crippen LogP contribution in [0.2, 0.25) is 0 Å². The lowest BCUT2D eigenvalue weighted by Gasteiger charge is -2.34. The second-order valence-corrected chi connectivity index (χ2v) is 7.94. The van der Waals surface area contributed by atoms with Crippen LogP contribution < -0.4 is 10.2 Å². The maximum absolute atomic E-state index is 13.0. The molecule has 1 fully saturated rings. The summed E-state index contributed by atoms with van der Waals surface area (Å²) in [6, 6.07) is 0.391. The molecule has 2 N–H and O–H groups in total. The Morgan fingerprint density at radius 3 is 3.04 bits per heavy atom. The first-order valence-corrected chi connectivity index (χ1v) is 10.0. The average molecular weight is 409 g/mol. The number of likely N-dealkylation sites (tertiary alicyclic amines) is 1. The lowest BCUT2D eigenvalue weighted by Crippen LogP contribution is -2.47. The van der Waals surface area contributed by atoms with Gasteiger partial charge in [-0.1, -0.05) is 0 Å². The number of nitrogens with one attached hydrogen (secondary N) is 2. The second kappa shape index (κ2) is 8.50. The highest BCUT2D eigenvalue weighted by molar-refractivity contribution is 8.04. The molecule has 1 amide bonds. The highest BCUT2D eigenvalue weighted by Crippen LogP contribution is 2.31. The predicted molar refractivity (Wildman–Crippen MR) is 112 cm³/mol. The van der Waals surface area contributed by atoms with E-state index < -0.39 is 0 Å². The highest BCUT2D eigenvalue weighted by Gasteiger charge is 2.28. The van der Waals surface area contributed by atoms with Crippen LogP contribution in [-0.4, -0.2) is 64.2 Å². The van der Waals surface area contributed by atoms with E-state index >= 15 is 0 Å². The molecule has 0 aromatic carbocycles. The number of nitrogens with zero attached hydrogens (tertiary/aromatic N) is 4. The van der Waals surface area contributed by atoms with Gasteiger partial charge in [0.05, 0.1) is 10.3 Å². The van der Waals surface area contributed by atoms with Crippen molar-refractivity contribution in [3.05, 3.63) is 29.2 Å². The third-order valence-electron chi connectivity index (χ3n) is 5.11. The van der Waals surface area contributed by atoms with Gasteiger partial charge in [0, 0.05) is 43.8 Å². The Bertz CT molecular complexity index is 853. The van der Waals surface area contributed by atoms with E-state index in [1.165, 1.54) is 0 Å². The zero-order valence-electron chi connectivity index (χ0n) is 15.6. The molecule has 1 atom stereocenters. The number of hydrogen-bond donors (Lipinski definition) is 2. The van der Waals surface area contributed by atoms with Crippen LogP contribution in [0.25, 0.3) is 11.0 Å². The first kappa shape index (κ1) is 20.0. The number of aromatic amines is 1. The SMILES string of the molecule is CN[C@@H]1CCCN(C(=O)C2=CN(c3ncnc4[nH]cc(C)c34)CCS2)C1.Cl. The maximum Gasteiger partial charge on any atom is 0.261 e. The van der Waals surface area contributed by atoms with Gasteiger partial charge in [-0.25, -0.2) is 9.97 Å². The lowest BCUT2D eigenvalue weighted by atomic mass is 10.1. The number of likely N-dealkylation sites (N-methyl/N-ethyl adjacent to an activating group) is 1. The Hall–Kier alpha value is -1.77. The van der Waals surface area contributed by atoms with Crippen LogP contribution in [0.5, 0.6) is 0 Å². The summed E-state index contributed by atoms with van der Waals surface area (Å²) in [6.07, 6.45) is 7.67. The van der Waals surface area contributed by atoms with E-state index in [1.54, 1.807) is 18.1 Å². The molecule has 7 nitrogen and oxygen atoms in total. The Morgan fingerprint density at radius 1 is 1.37 bits per heavy atom. The van der Waals surface area contributed by atoms with E-state index in [4.69, 9.17) is 0 Å². The minimum atomic E-state index is 0. The van der Waals surface area contributed by atoms with Gasteiger partial charge in [-0.2, -0.15) is 0 Å². The van der Waals surface area contributed by atoms with E-state index in [-0.39, 0.29) is 18.3 Å². The van der Waals surface area contributed by atoms with Crippen LogP contribution in [0.4, 0.5) is 5.82 Å². The molecule has 4 rings (SSSR count). The number of piperidine rings is 1. The number of rotatable bonds is 3. The van der Waals surface area contributed by atoms with E-state index in [2.05, 4.69) is 25.2 Å². The summed E-state index contributed by atoms with van der Waals surface area (Å²) in [5.41, 5.74) is 1.95. The summed E-state index contributed by atoms with van der Waals surface area (Å²) in [6.45, 7) is 4.49. The number of carbonyl (C=O) groups excluding carboxylic acids is 1. The standard InChI is InChI=1S/C18H24N6OS.ClH/c1-12-8-20-16-15(12)17(22-11-21-16)23-6-7-26-14(10-23)18(25)24-5-3-4-13(9-24)19-2;/h8,10-11,13,19H,3-7,9H2,1-2H3,(H,20,21,22);1H/t13-;/m1./s1. The molecule has 1 saturated heterocycles. The van der Waals surface area contributed by atoms with Crippen molar-refractivity contribution in [3.8, 4) is 0 Å². The molecule has 0 aliphatic carbocycles. The number of anilines is 1. The van der Waals surface area contributed by atoms with E-state index in [1.807, 2.05) is 31.3 Å². The fourth-order valence-electron chi connectivity index (χ4n) is 3.65. The van der Waals surface area contributed by atoms with Gasteiger partial charge >= 0.3 is 0 Å². The second-order valence-electron chi connectivity index (χ2n) is 6.81. The molecule has 0 spiro atoms. The Morgan fingerprint density at radius 2 is 2.22 bits per heavy atom. The van der Waals surface area contributed by atoms with E-state index in [0.717, 1.165) is 65.5 Å². The van der Waals surface area contributed by atoms with Crippen LogP contribution >= 0.6 is 24.2 Å². The zero-order valence-corrected chi connectivity index (χ0v) is 17.2. The molecular formula is C18H25ClN6OS. The van der Waals surface area contributed by atoms with Crippen molar-refractivity contribution < 1.29 is 4.79 Å². The van der Waals surface area contributed by atoms with Crippen molar-refractivity contribution in [2.75, 3.05) is 37.3 Å². The number of amides is 1. The van der Waals surface area contributed by atoms with Crippen molar-refractivity contribution in [1.82, 2.24) is 25.2 Å². The fraction of sp³-hybridized carbons (Fsp3) is 0.500. The average Bonchev–Trinajstić information content (AvgIpc) is 3.09. The van der Waals surface area contributed by atoms with Gasteiger partial charge in [-0.05, 0) is 32.4 Å². The van der Waals surface area contributed by atoms with Crippen molar-refractivity contribution in [2.24, 2.45) is 0 Å². The van der Waals surface area contributed by atoms with Gasteiger partial charge in [-0.3, -0.25) is 4.79 Å². The van der Waals surface area contributed by atoms with Crippen LogP contribution in [0.15, 0.2) is 23.6 Å². The van der Waals surface area contributed by atoms with Crippen LogP contribution in [0, 0.1) is 6.92 Å². The molecule has 0 unspecified atom stereocenters. The number of halogens is 1. The summed E-state index contributed by atoms with van der Waals surface area (Å²) >= 11 is 1.64.